The molecule has 0 unspecified atom stereocenters. The molecule has 104 valence electrons. The lowest BCUT2D eigenvalue weighted by atomic mass is 10.1. The Bertz CT molecular complexity index is 747. The van der Waals surface area contributed by atoms with Gasteiger partial charge in [0, 0.05) is 9.79 Å². The quantitative estimate of drug-likeness (QED) is 0.502. The van der Waals surface area contributed by atoms with Crippen LogP contribution in [0, 0.1) is 0 Å². The smallest absolute Gasteiger partial charge is 0.118 e. The summed E-state index contributed by atoms with van der Waals surface area (Å²) in [6, 6.07) is 26.1. The van der Waals surface area contributed by atoms with E-state index in [2.05, 4.69) is 72.8 Å². The minimum Gasteiger partial charge on any atom is -0.497 e. The van der Waals surface area contributed by atoms with Gasteiger partial charge in [-0.15, -0.1) is 0 Å². The van der Waals surface area contributed by atoms with E-state index in [0.717, 1.165) is 5.75 Å². The molecule has 3 aromatic carbocycles. The van der Waals surface area contributed by atoms with Crippen LogP contribution in [0.25, 0.3) is 11.1 Å². The van der Waals surface area contributed by atoms with E-state index < -0.39 is 10.9 Å². The van der Waals surface area contributed by atoms with Crippen LogP contribution in [0.2, 0.25) is 0 Å². The predicted octanol–water partition coefficient (Wildman–Crippen LogP) is 5.15. The van der Waals surface area contributed by atoms with Crippen molar-refractivity contribution in [3.8, 4) is 16.9 Å². The highest BCUT2D eigenvalue weighted by atomic mass is 32.2. The molecule has 1 aliphatic rings. The van der Waals surface area contributed by atoms with Crippen molar-refractivity contribution in [3.05, 3.63) is 72.8 Å². The van der Waals surface area contributed by atoms with Crippen LogP contribution in [0.1, 0.15) is 0 Å². The molecule has 2 heteroatoms. The topological polar surface area (TPSA) is 9.23 Å². The van der Waals surface area contributed by atoms with Crippen LogP contribution < -0.4 is 4.74 Å². The molecule has 0 fully saturated rings. The number of hydrogen-bond donors (Lipinski definition) is 1. The molecule has 0 saturated heterocycles. The Morgan fingerprint density at radius 3 is 1.71 bits per heavy atom. The van der Waals surface area contributed by atoms with Gasteiger partial charge in [0.25, 0.3) is 0 Å². The normalized spacial score (nSPS) is 13.7. The zero-order valence-electron chi connectivity index (χ0n) is 11.8. The highest BCUT2D eigenvalue weighted by molar-refractivity contribution is 8.17. The number of benzene rings is 3. The molecule has 4 rings (SSSR count). The molecule has 0 bridgehead atoms. The van der Waals surface area contributed by atoms with Crippen molar-refractivity contribution in [2.24, 2.45) is 0 Å². The van der Waals surface area contributed by atoms with Crippen LogP contribution in [0.5, 0.6) is 5.75 Å². The maximum atomic E-state index is 5.28. The number of thiol groups is 1. The van der Waals surface area contributed by atoms with Crippen LogP contribution in [-0.2, 0) is 0 Å². The van der Waals surface area contributed by atoms with Gasteiger partial charge in [0.15, 0.2) is 0 Å². The van der Waals surface area contributed by atoms with E-state index in [1.807, 2.05) is 0 Å². The van der Waals surface area contributed by atoms with Crippen molar-refractivity contribution in [2.45, 2.75) is 14.7 Å². The summed E-state index contributed by atoms with van der Waals surface area (Å²) in [5.41, 5.74) is 2.77. The molecule has 1 aliphatic heterocycles. The lowest BCUT2D eigenvalue weighted by Crippen LogP contribution is -1.85. The molecule has 0 aliphatic carbocycles. The molecule has 0 amide bonds. The summed E-state index contributed by atoms with van der Waals surface area (Å²) in [5.74, 6) is 0.912. The number of ether oxygens (including phenoxy) is 1. The van der Waals surface area contributed by atoms with E-state index >= 15 is 0 Å². The predicted molar refractivity (Wildman–Crippen MR) is 88.7 cm³/mol. The summed E-state index contributed by atoms with van der Waals surface area (Å²) in [5, 5.41) is 0. The Kier molecular flexibility index (Phi) is 2.97. The fraction of sp³-hybridized carbons (Fsp3) is 0.0526. The fourth-order valence-corrected chi connectivity index (χ4v) is 5.54. The molecule has 0 spiro atoms. The first-order valence-electron chi connectivity index (χ1n) is 7.01. The van der Waals surface area contributed by atoms with Crippen molar-refractivity contribution >= 4 is 10.9 Å². The molecule has 3 aromatic rings. The maximum absolute atomic E-state index is 5.28. The molecule has 0 radical (unpaired) electrons. The third-order valence-corrected chi connectivity index (χ3v) is 6.47. The van der Waals surface area contributed by atoms with Gasteiger partial charge in [-0.3, -0.25) is 0 Å². The van der Waals surface area contributed by atoms with Crippen LogP contribution in [-0.4, -0.2) is 7.11 Å². The summed E-state index contributed by atoms with van der Waals surface area (Å²) in [4.78, 5) is 4.29. The maximum Gasteiger partial charge on any atom is 0.118 e. The van der Waals surface area contributed by atoms with E-state index in [0.29, 0.717) is 0 Å². The van der Waals surface area contributed by atoms with Gasteiger partial charge >= 0.3 is 0 Å². The van der Waals surface area contributed by atoms with Crippen molar-refractivity contribution < 1.29 is 4.74 Å². The number of rotatable bonds is 2. The zero-order chi connectivity index (χ0) is 14.2. The molecule has 1 nitrogen and oxygen atoms in total. The Morgan fingerprint density at radius 2 is 1.19 bits per heavy atom. The summed E-state index contributed by atoms with van der Waals surface area (Å²) in [6.07, 6.45) is 0. The van der Waals surface area contributed by atoms with Gasteiger partial charge in [0.2, 0.25) is 0 Å². The van der Waals surface area contributed by atoms with Crippen molar-refractivity contribution in [1.82, 2.24) is 0 Å². The van der Waals surface area contributed by atoms with Crippen molar-refractivity contribution in [2.75, 3.05) is 7.11 Å². The third-order valence-electron chi connectivity index (χ3n) is 3.91. The standard InChI is InChI=1S/C19H16OS/c1-20-14-10-12-15(13-11-14)21-18-8-4-2-6-16(18)17-7-3-5-9-19(17)21/h2-13,21H,1H3. The van der Waals surface area contributed by atoms with Gasteiger partial charge in [0.1, 0.15) is 5.75 Å². The lowest BCUT2D eigenvalue weighted by molar-refractivity contribution is 0.414. The van der Waals surface area contributed by atoms with E-state index in [4.69, 9.17) is 4.74 Å². The van der Waals surface area contributed by atoms with Gasteiger partial charge in [-0.2, -0.15) is 10.9 Å². The molecule has 1 heterocycles. The highest BCUT2D eigenvalue weighted by Gasteiger charge is 2.26. The highest BCUT2D eigenvalue weighted by Crippen LogP contribution is 2.62. The Labute approximate surface area is 127 Å². The minimum atomic E-state index is -0.445. The molecular formula is C19H16OS. The fourth-order valence-electron chi connectivity index (χ4n) is 2.93. The van der Waals surface area contributed by atoms with Crippen LogP contribution in [0.3, 0.4) is 0 Å². The summed E-state index contributed by atoms with van der Waals surface area (Å²) in [6.45, 7) is 0. The molecule has 0 N–H and O–H groups in total. The largest absolute Gasteiger partial charge is 0.497 e. The molecule has 0 atom stereocenters. The number of hydrogen-bond acceptors (Lipinski definition) is 1. The Morgan fingerprint density at radius 1 is 0.667 bits per heavy atom. The second-order valence-electron chi connectivity index (χ2n) is 5.07. The monoisotopic (exact) mass is 292 g/mol. The van der Waals surface area contributed by atoms with Crippen molar-refractivity contribution in [3.63, 3.8) is 0 Å². The van der Waals surface area contributed by atoms with Gasteiger partial charge in [-0.25, -0.2) is 0 Å². The zero-order valence-corrected chi connectivity index (χ0v) is 12.7. The van der Waals surface area contributed by atoms with Crippen LogP contribution >= 0.6 is 10.9 Å². The first kappa shape index (κ1) is 12.5. The minimum absolute atomic E-state index is 0.445. The van der Waals surface area contributed by atoms with Gasteiger partial charge < -0.3 is 4.74 Å². The molecule has 21 heavy (non-hydrogen) atoms. The van der Waals surface area contributed by atoms with Gasteiger partial charge in [-0.05, 0) is 52.4 Å². The summed E-state index contributed by atoms with van der Waals surface area (Å²) < 4.78 is 5.28. The third kappa shape index (κ3) is 1.95. The van der Waals surface area contributed by atoms with E-state index in [-0.39, 0.29) is 0 Å². The SMILES string of the molecule is COc1ccc([SH]2c3ccccc3-c3ccccc32)cc1. The van der Waals surface area contributed by atoms with Crippen molar-refractivity contribution in [1.29, 1.82) is 0 Å². The first-order chi connectivity index (χ1) is 10.4. The van der Waals surface area contributed by atoms with Crippen LogP contribution in [0.4, 0.5) is 0 Å². The Balaban J connectivity index is 1.91. The second-order valence-corrected chi connectivity index (χ2v) is 7.22. The number of fused-ring (bicyclic) bond motifs is 3. The van der Waals surface area contributed by atoms with Gasteiger partial charge in [-0.1, -0.05) is 36.4 Å². The Hall–Kier alpha value is -2.19. The number of methoxy groups -OCH3 is 1. The lowest BCUT2D eigenvalue weighted by Gasteiger charge is -2.19. The average molecular weight is 292 g/mol. The summed E-state index contributed by atoms with van der Waals surface area (Å²) >= 11 is 0. The summed E-state index contributed by atoms with van der Waals surface area (Å²) in [7, 11) is 1.26. The van der Waals surface area contributed by atoms with E-state index in [1.54, 1.807) is 7.11 Å². The molecular weight excluding hydrogens is 276 g/mol. The average Bonchev–Trinajstić information content (AvgIpc) is 2.90. The molecule has 0 saturated carbocycles. The molecule has 0 aromatic heterocycles. The van der Waals surface area contributed by atoms with E-state index in [1.165, 1.54) is 25.8 Å². The van der Waals surface area contributed by atoms with E-state index in [9.17, 15) is 0 Å². The second kappa shape index (κ2) is 4.97. The first-order valence-corrected chi connectivity index (χ1v) is 8.35. The van der Waals surface area contributed by atoms with Gasteiger partial charge in [0.05, 0.1) is 7.11 Å². The van der Waals surface area contributed by atoms with Crippen LogP contribution in [0.15, 0.2) is 87.5 Å².